The summed E-state index contributed by atoms with van der Waals surface area (Å²) in [5, 5.41) is 0.303. The molecular formula is C20H17BrClNO4S. The molecule has 1 saturated heterocycles. The van der Waals surface area contributed by atoms with Crippen LogP contribution in [-0.4, -0.2) is 29.8 Å². The molecule has 0 aromatic heterocycles. The normalized spacial score (nSPS) is 15.4. The number of hydrogen-bond acceptors (Lipinski definition) is 5. The molecule has 0 N–H and O–H groups in total. The molecule has 146 valence electrons. The lowest BCUT2D eigenvalue weighted by Gasteiger charge is -2.13. The van der Waals surface area contributed by atoms with Crippen LogP contribution in [0.5, 0.6) is 11.5 Å². The Balaban J connectivity index is 1.86. The van der Waals surface area contributed by atoms with Gasteiger partial charge in [-0.25, -0.2) is 0 Å². The first-order valence-electron chi connectivity index (χ1n) is 8.43. The number of methoxy groups -OCH3 is 1. The van der Waals surface area contributed by atoms with Crippen molar-refractivity contribution in [2.45, 2.75) is 13.5 Å². The Morgan fingerprint density at radius 1 is 1.21 bits per heavy atom. The van der Waals surface area contributed by atoms with Crippen molar-refractivity contribution in [1.82, 2.24) is 4.90 Å². The van der Waals surface area contributed by atoms with Crippen LogP contribution in [0.15, 0.2) is 45.8 Å². The number of carbonyl (C=O) groups excluding carboxylic acids is 2. The summed E-state index contributed by atoms with van der Waals surface area (Å²) in [4.78, 5) is 26.7. The minimum atomic E-state index is -0.324. The molecular weight excluding hydrogens is 466 g/mol. The van der Waals surface area contributed by atoms with Gasteiger partial charge in [0.1, 0.15) is 0 Å². The van der Waals surface area contributed by atoms with Gasteiger partial charge in [-0.1, -0.05) is 23.7 Å². The molecule has 2 aromatic carbocycles. The number of nitrogens with zero attached hydrogens (tertiary/aromatic N) is 1. The van der Waals surface area contributed by atoms with Crippen LogP contribution in [0, 0.1) is 0 Å². The zero-order chi connectivity index (χ0) is 20.3. The van der Waals surface area contributed by atoms with E-state index in [1.807, 2.05) is 13.0 Å². The Labute approximate surface area is 180 Å². The van der Waals surface area contributed by atoms with Gasteiger partial charge in [0.2, 0.25) is 0 Å². The van der Waals surface area contributed by atoms with Crippen LogP contribution in [0.4, 0.5) is 4.79 Å². The predicted molar refractivity (Wildman–Crippen MR) is 115 cm³/mol. The van der Waals surface area contributed by atoms with Gasteiger partial charge in [0.05, 0.1) is 29.6 Å². The summed E-state index contributed by atoms with van der Waals surface area (Å²) in [6.45, 7) is 2.56. The first-order valence-corrected chi connectivity index (χ1v) is 10.4. The van der Waals surface area contributed by atoms with E-state index in [1.165, 1.54) is 4.90 Å². The smallest absolute Gasteiger partial charge is 0.293 e. The minimum Gasteiger partial charge on any atom is -0.492 e. The molecule has 0 unspecified atom stereocenters. The molecule has 0 spiro atoms. The maximum atomic E-state index is 12.7. The fraction of sp³-hybridized carbons (Fsp3) is 0.200. The fourth-order valence-electron chi connectivity index (χ4n) is 2.69. The molecule has 1 fully saturated rings. The lowest BCUT2D eigenvalue weighted by atomic mass is 10.1. The zero-order valence-corrected chi connectivity index (χ0v) is 18.4. The summed E-state index contributed by atoms with van der Waals surface area (Å²) in [7, 11) is 1.56. The van der Waals surface area contributed by atoms with Gasteiger partial charge in [0.25, 0.3) is 11.1 Å². The summed E-state index contributed by atoms with van der Waals surface area (Å²) >= 11 is 10.3. The molecule has 1 heterocycles. The van der Waals surface area contributed by atoms with Gasteiger partial charge in [-0.05, 0) is 76.1 Å². The highest BCUT2D eigenvalue weighted by atomic mass is 79.9. The summed E-state index contributed by atoms with van der Waals surface area (Å²) in [5.41, 5.74) is 1.56. The van der Waals surface area contributed by atoms with E-state index >= 15 is 0 Å². The number of imide groups is 1. The first kappa shape index (κ1) is 20.8. The monoisotopic (exact) mass is 481 g/mol. The molecule has 0 bridgehead atoms. The van der Waals surface area contributed by atoms with Gasteiger partial charge in [-0.3, -0.25) is 14.5 Å². The molecule has 0 atom stereocenters. The van der Waals surface area contributed by atoms with Crippen LogP contribution in [0.25, 0.3) is 6.08 Å². The van der Waals surface area contributed by atoms with Gasteiger partial charge in [-0.2, -0.15) is 0 Å². The maximum Gasteiger partial charge on any atom is 0.293 e. The molecule has 2 amide bonds. The first-order chi connectivity index (χ1) is 13.4. The molecule has 0 saturated carbocycles. The van der Waals surface area contributed by atoms with E-state index in [-0.39, 0.29) is 17.7 Å². The van der Waals surface area contributed by atoms with Crippen LogP contribution >= 0.6 is 39.3 Å². The molecule has 2 aromatic rings. The second kappa shape index (κ2) is 9.03. The predicted octanol–water partition coefficient (Wildman–Crippen LogP) is 5.75. The molecule has 0 aliphatic carbocycles. The summed E-state index contributed by atoms with van der Waals surface area (Å²) in [6.07, 6.45) is 1.68. The van der Waals surface area contributed by atoms with Gasteiger partial charge in [-0.15, -0.1) is 0 Å². The average Bonchev–Trinajstić information content (AvgIpc) is 2.91. The second-order valence-electron chi connectivity index (χ2n) is 5.86. The highest BCUT2D eigenvalue weighted by Gasteiger charge is 2.35. The Morgan fingerprint density at radius 2 is 1.93 bits per heavy atom. The number of hydrogen-bond donors (Lipinski definition) is 0. The van der Waals surface area contributed by atoms with E-state index in [1.54, 1.807) is 43.5 Å². The number of carbonyl (C=O) groups is 2. The van der Waals surface area contributed by atoms with Crippen molar-refractivity contribution in [3.05, 3.63) is 61.9 Å². The second-order valence-corrected chi connectivity index (χ2v) is 8.15. The van der Waals surface area contributed by atoms with Crippen molar-refractivity contribution in [1.29, 1.82) is 0 Å². The van der Waals surface area contributed by atoms with E-state index in [0.29, 0.717) is 32.5 Å². The zero-order valence-electron chi connectivity index (χ0n) is 15.2. The van der Waals surface area contributed by atoms with Crippen molar-refractivity contribution in [3.8, 4) is 11.5 Å². The summed E-state index contributed by atoms with van der Waals surface area (Å²) in [6, 6.07) is 10.6. The van der Waals surface area contributed by atoms with Crippen LogP contribution < -0.4 is 9.47 Å². The van der Waals surface area contributed by atoms with Crippen LogP contribution in [0.2, 0.25) is 5.02 Å². The van der Waals surface area contributed by atoms with Gasteiger partial charge < -0.3 is 9.47 Å². The van der Waals surface area contributed by atoms with Crippen molar-refractivity contribution >= 4 is 56.5 Å². The third-order valence-corrected chi connectivity index (χ3v) is 5.71. The molecule has 5 nitrogen and oxygen atoms in total. The summed E-state index contributed by atoms with van der Waals surface area (Å²) in [5.74, 6) is 0.815. The third kappa shape index (κ3) is 4.54. The SMILES string of the molecule is CCOc1cc(/C=C2\SC(=O)N(Cc3ccc(Cl)cc3)C2=O)cc(Br)c1OC. The standard InChI is InChI=1S/C20H17BrClNO4S/c1-3-27-16-9-13(8-15(21)18(16)26-2)10-17-19(24)23(20(25)28-17)11-12-4-6-14(22)7-5-12/h4-10H,3,11H2,1-2H3/b17-10-. The molecule has 3 rings (SSSR count). The average molecular weight is 483 g/mol. The van der Waals surface area contributed by atoms with Crippen LogP contribution in [-0.2, 0) is 11.3 Å². The number of amides is 2. The highest BCUT2D eigenvalue weighted by Crippen LogP contribution is 2.39. The number of rotatable bonds is 6. The van der Waals surface area contributed by atoms with E-state index in [2.05, 4.69) is 15.9 Å². The topological polar surface area (TPSA) is 55.8 Å². The lowest BCUT2D eigenvalue weighted by Crippen LogP contribution is -2.27. The van der Waals surface area contributed by atoms with E-state index in [0.717, 1.165) is 22.9 Å². The number of ether oxygens (including phenoxy) is 2. The van der Waals surface area contributed by atoms with Crippen molar-refractivity contribution in [2.24, 2.45) is 0 Å². The van der Waals surface area contributed by atoms with Gasteiger partial charge in [0.15, 0.2) is 11.5 Å². The molecule has 1 aliphatic rings. The van der Waals surface area contributed by atoms with Crippen molar-refractivity contribution in [2.75, 3.05) is 13.7 Å². The minimum absolute atomic E-state index is 0.204. The Hall–Kier alpha value is -1.96. The quantitative estimate of drug-likeness (QED) is 0.491. The van der Waals surface area contributed by atoms with Crippen LogP contribution in [0.1, 0.15) is 18.1 Å². The van der Waals surface area contributed by atoms with Gasteiger partial charge >= 0.3 is 0 Å². The lowest BCUT2D eigenvalue weighted by molar-refractivity contribution is -0.123. The fourth-order valence-corrected chi connectivity index (χ4v) is 4.28. The number of halogens is 2. The largest absolute Gasteiger partial charge is 0.492 e. The van der Waals surface area contributed by atoms with Gasteiger partial charge in [0, 0.05) is 5.02 Å². The van der Waals surface area contributed by atoms with Crippen molar-refractivity contribution < 1.29 is 19.1 Å². The molecule has 1 aliphatic heterocycles. The molecule has 0 radical (unpaired) electrons. The molecule has 28 heavy (non-hydrogen) atoms. The number of benzene rings is 2. The molecule has 8 heteroatoms. The van der Waals surface area contributed by atoms with E-state index in [9.17, 15) is 9.59 Å². The number of thioether (sulfide) groups is 1. The Morgan fingerprint density at radius 3 is 2.57 bits per heavy atom. The van der Waals surface area contributed by atoms with Crippen LogP contribution in [0.3, 0.4) is 0 Å². The Kier molecular flexibility index (Phi) is 6.69. The summed E-state index contributed by atoms with van der Waals surface area (Å²) < 4.78 is 11.7. The third-order valence-electron chi connectivity index (χ3n) is 3.96. The highest BCUT2D eigenvalue weighted by molar-refractivity contribution is 9.10. The maximum absolute atomic E-state index is 12.7. The van der Waals surface area contributed by atoms with E-state index < -0.39 is 0 Å². The van der Waals surface area contributed by atoms with E-state index in [4.69, 9.17) is 21.1 Å². The van der Waals surface area contributed by atoms with Crippen molar-refractivity contribution in [3.63, 3.8) is 0 Å². The Bertz CT molecular complexity index is 946.